The highest BCUT2D eigenvalue weighted by molar-refractivity contribution is 5.49. The van der Waals surface area contributed by atoms with E-state index in [-0.39, 0.29) is 17.0 Å². The van der Waals surface area contributed by atoms with Gasteiger partial charge in [-0.1, -0.05) is 18.2 Å². The molecule has 0 radical (unpaired) electrons. The monoisotopic (exact) mass is 429 g/mol. The Morgan fingerprint density at radius 2 is 1.39 bits per heavy atom. The third-order valence-corrected chi connectivity index (χ3v) is 4.83. The minimum Gasteiger partial charge on any atom is -0.372 e. The van der Waals surface area contributed by atoms with Crippen LogP contribution >= 0.6 is 0 Å². The van der Waals surface area contributed by atoms with Crippen molar-refractivity contribution in [1.82, 2.24) is 0 Å². The van der Waals surface area contributed by atoms with Gasteiger partial charge in [-0.3, -0.25) is 0 Å². The van der Waals surface area contributed by atoms with Crippen LogP contribution in [0.25, 0.3) is 0 Å². The number of aryl methyl sites for hydroxylation is 1. The molecule has 0 atom stereocenters. The Morgan fingerprint density at radius 1 is 0.806 bits per heavy atom. The lowest BCUT2D eigenvalue weighted by Crippen LogP contribution is -2.19. The summed E-state index contributed by atoms with van der Waals surface area (Å²) in [7, 11) is 0. The molecular formula is C27H40FNO2. The van der Waals surface area contributed by atoms with Crippen molar-refractivity contribution in [2.45, 2.75) is 85.7 Å². The Morgan fingerprint density at radius 3 is 1.94 bits per heavy atom. The number of rotatable bonds is 5. The van der Waals surface area contributed by atoms with Crippen LogP contribution in [0.5, 0.6) is 0 Å². The second-order valence-corrected chi connectivity index (χ2v) is 10.3. The molecule has 0 spiro atoms. The van der Waals surface area contributed by atoms with Crippen LogP contribution in [-0.2, 0) is 22.7 Å². The molecule has 0 N–H and O–H groups in total. The van der Waals surface area contributed by atoms with E-state index in [1.807, 2.05) is 33.8 Å². The Balaban J connectivity index is 0.000000225. The average molecular weight is 430 g/mol. The molecule has 172 valence electrons. The number of hydrogen-bond acceptors (Lipinski definition) is 3. The van der Waals surface area contributed by atoms with Crippen LogP contribution in [0.1, 0.15) is 71.1 Å². The molecule has 31 heavy (non-hydrogen) atoms. The highest BCUT2D eigenvalue weighted by Crippen LogP contribution is 2.22. The van der Waals surface area contributed by atoms with E-state index in [2.05, 4.69) is 49.9 Å². The number of benzene rings is 2. The first-order valence-electron chi connectivity index (χ1n) is 11.3. The number of hydrogen-bond donors (Lipinski definition) is 0. The second-order valence-electron chi connectivity index (χ2n) is 10.3. The highest BCUT2D eigenvalue weighted by atomic mass is 19.1. The zero-order chi connectivity index (χ0) is 23.1. The molecule has 1 aliphatic heterocycles. The summed E-state index contributed by atoms with van der Waals surface area (Å²) in [5, 5.41) is 0. The van der Waals surface area contributed by atoms with Crippen molar-refractivity contribution in [2.75, 3.05) is 18.0 Å². The van der Waals surface area contributed by atoms with Crippen molar-refractivity contribution in [2.24, 2.45) is 0 Å². The molecule has 2 aromatic rings. The zero-order valence-electron chi connectivity index (χ0n) is 20.4. The van der Waals surface area contributed by atoms with Gasteiger partial charge < -0.3 is 14.4 Å². The highest BCUT2D eigenvalue weighted by Gasteiger charge is 2.14. The minimum absolute atomic E-state index is 0.0658. The molecule has 3 rings (SSSR count). The van der Waals surface area contributed by atoms with Crippen LogP contribution in [-0.4, -0.2) is 24.3 Å². The lowest BCUT2D eigenvalue weighted by atomic mass is 10.1. The molecule has 1 heterocycles. The van der Waals surface area contributed by atoms with Crippen LogP contribution in [0.15, 0.2) is 42.5 Å². The molecule has 0 aromatic heterocycles. The van der Waals surface area contributed by atoms with Crippen molar-refractivity contribution < 1.29 is 13.9 Å². The van der Waals surface area contributed by atoms with Crippen molar-refractivity contribution in [3.63, 3.8) is 0 Å². The van der Waals surface area contributed by atoms with Gasteiger partial charge >= 0.3 is 0 Å². The maximum atomic E-state index is 13.0. The SMILES string of the molecule is CC(C)(C)OCc1cccc(N2CCCC2)c1.Cc1cc(F)cc(COC(C)(C)C)c1. The van der Waals surface area contributed by atoms with E-state index in [1.54, 1.807) is 0 Å². The molecule has 1 fully saturated rings. The summed E-state index contributed by atoms with van der Waals surface area (Å²) in [5.74, 6) is -0.197. The van der Waals surface area contributed by atoms with Crippen molar-refractivity contribution in [3.05, 3.63) is 65.0 Å². The second kappa shape index (κ2) is 11.1. The first-order valence-corrected chi connectivity index (χ1v) is 11.3. The number of halogens is 1. The van der Waals surface area contributed by atoms with Crippen LogP contribution in [0.2, 0.25) is 0 Å². The quantitative estimate of drug-likeness (QED) is 0.508. The standard InChI is InChI=1S/C15H23NO.C12H17FO/c1-15(2,3)17-12-13-7-6-8-14(11-13)16-9-4-5-10-16;1-9-5-10(7-11(13)6-9)8-14-12(2,3)4/h6-8,11H,4-5,9-10,12H2,1-3H3;5-7H,8H2,1-4H3. The molecule has 0 saturated carbocycles. The van der Waals surface area contributed by atoms with E-state index >= 15 is 0 Å². The van der Waals surface area contributed by atoms with Gasteiger partial charge in [0.1, 0.15) is 5.82 Å². The summed E-state index contributed by atoms with van der Waals surface area (Å²) >= 11 is 0. The summed E-state index contributed by atoms with van der Waals surface area (Å²) in [6.45, 7) is 17.7. The average Bonchev–Trinajstić information content (AvgIpc) is 3.19. The topological polar surface area (TPSA) is 21.7 Å². The van der Waals surface area contributed by atoms with Gasteiger partial charge in [-0.15, -0.1) is 0 Å². The zero-order valence-corrected chi connectivity index (χ0v) is 20.4. The number of nitrogens with zero attached hydrogens (tertiary/aromatic N) is 1. The summed E-state index contributed by atoms with van der Waals surface area (Å²) in [4.78, 5) is 2.46. The fraction of sp³-hybridized carbons (Fsp3) is 0.556. The fourth-order valence-corrected chi connectivity index (χ4v) is 3.31. The van der Waals surface area contributed by atoms with E-state index in [0.29, 0.717) is 13.2 Å². The largest absolute Gasteiger partial charge is 0.372 e. The molecule has 1 saturated heterocycles. The normalized spacial score (nSPS) is 14.4. The van der Waals surface area contributed by atoms with E-state index in [0.717, 1.165) is 11.1 Å². The molecule has 3 nitrogen and oxygen atoms in total. The molecular weight excluding hydrogens is 389 g/mol. The van der Waals surface area contributed by atoms with E-state index in [1.165, 1.54) is 49.3 Å². The first kappa shape index (κ1) is 25.4. The molecule has 0 amide bonds. The Hall–Kier alpha value is -1.91. The fourth-order valence-electron chi connectivity index (χ4n) is 3.31. The lowest BCUT2D eigenvalue weighted by Gasteiger charge is -2.21. The van der Waals surface area contributed by atoms with Crippen molar-refractivity contribution in [3.8, 4) is 0 Å². The molecule has 0 aliphatic carbocycles. The molecule has 0 unspecified atom stereocenters. The van der Waals surface area contributed by atoms with Gasteiger partial charge in [-0.2, -0.15) is 0 Å². The lowest BCUT2D eigenvalue weighted by molar-refractivity contribution is -0.0153. The third kappa shape index (κ3) is 10.3. The van der Waals surface area contributed by atoms with Gasteiger partial charge in [0.15, 0.2) is 0 Å². The Bertz CT molecular complexity index is 794. The van der Waals surface area contributed by atoms with Crippen LogP contribution < -0.4 is 4.90 Å². The van der Waals surface area contributed by atoms with Gasteiger partial charge in [0.2, 0.25) is 0 Å². The van der Waals surface area contributed by atoms with Crippen molar-refractivity contribution in [1.29, 1.82) is 0 Å². The van der Waals surface area contributed by atoms with Gasteiger partial charge in [-0.25, -0.2) is 4.39 Å². The maximum Gasteiger partial charge on any atom is 0.123 e. The van der Waals surface area contributed by atoms with Crippen LogP contribution in [0.4, 0.5) is 10.1 Å². The predicted octanol–water partition coefficient (Wildman–Crippen LogP) is 7.05. The van der Waals surface area contributed by atoms with Crippen molar-refractivity contribution >= 4 is 5.69 Å². The Labute approximate surface area is 188 Å². The molecule has 1 aliphatic rings. The number of anilines is 1. The van der Waals surface area contributed by atoms with Gasteiger partial charge in [0, 0.05) is 18.8 Å². The molecule has 2 aromatic carbocycles. The van der Waals surface area contributed by atoms with E-state index < -0.39 is 0 Å². The third-order valence-electron chi connectivity index (χ3n) is 4.83. The summed E-state index contributed by atoms with van der Waals surface area (Å²) in [6.07, 6.45) is 2.64. The first-order chi connectivity index (χ1) is 14.4. The summed E-state index contributed by atoms with van der Waals surface area (Å²) < 4.78 is 24.4. The van der Waals surface area contributed by atoms with Crippen LogP contribution in [0, 0.1) is 12.7 Å². The van der Waals surface area contributed by atoms with Gasteiger partial charge in [0.25, 0.3) is 0 Å². The Kier molecular flexibility index (Phi) is 9.08. The summed E-state index contributed by atoms with van der Waals surface area (Å²) in [6, 6.07) is 13.7. The smallest absolute Gasteiger partial charge is 0.123 e. The van der Waals surface area contributed by atoms with E-state index in [4.69, 9.17) is 9.47 Å². The van der Waals surface area contributed by atoms with Crippen LogP contribution in [0.3, 0.4) is 0 Å². The molecule has 4 heteroatoms. The van der Waals surface area contributed by atoms with Gasteiger partial charge in [-0.05, 0) is 102 Å². The summed E-state index contributed by atoms with van der Waals surface area (Å²) in [5.41, 5.74) is 4.18. The maximum absolute atomic E-state index is 13.0. The number of ether oxygens (including phenoxy) is 2. The minimum atomic E-state index is -0.197. The van der Waals surface area contributed by atoms with Gasteiger partial charge in [0.05, 0.1) is 24.4 Å². The molecule has 0 bridgehead atoms. The predicted molar refractivity (Wildman–Crippen MR) is 128 cm³/mol. The van der Waals surface area contributed by atoms with E-state index in [9.17, 15) is 4.39 Å².